The quantitative estimate of drug-likeness (QED) is 0.229. The van der Waals surface area contributed by atoms with Gasteiger partial charge in [0.2, 0.25) is 0 Å². The highest BCUT2D eigenvalue weighted by molar-refractivity contribution is 6.01. The number of rotatable bonds is 7. The SMILES string of the molecule is CCC(C)(C)c1ccc(Oc2ccc(C(F)(F)F)cc2NC(=O)Nc2cc(C(F)(F)F)cc(C(F)(F)F)c2)c(C(=O)O)c1. The summed E-state index contributed by atoms with van der Waals surface area (Å²) in [6, 6.07) is 4.57. The van der Waals surface area contributed by atoms with E-state index in [1.165, 1.54) is 12.1 Å². The summed E-state index contributed by atoms with van der Waals surface area (Å²) < 4.78 is 125. The van der Waals surface area contributed by atoms with Crippen LogP contribution in [0.5, 0.6) is 11.5 Å². The molecule has 2 amide bonds. The Labute approximate surface area is 238 Å². The highest BCUT2D eigenvalue weighted by Crippen LogP contribution is 2.40. The first-order chi connectivity index (χ1) is 19.6. The summed E-state index contributed by atoms with van der Waals surface area (Å²) >= 11 is 0. The number of benzene rings is 3. The number of carboxylic acid groups (broad SMARTS) is 1. The maximum atomic E-state index is 13.4. The van der Waals surface area contributed by atoms with Gasteiger partial charge in [0.15, 0.2) is 5.75 Å². The van der Waals surface area contributed by atoms with Crippen LogP contribution in [-0.4, -0.2) is 17.1 Å². The molecule has 3 aromatic carbocycles. The molecule has 0 aromatic heterocycles. The van der Waals surface area contributed by atoms with Crippen LogP contribution in [0.4, 0.5) is 55.7 Å². The predicted octanol–water partition coefficient (Wildman–Crippen LogP) is 9.57. The minimum absolute atomic E-state index is 0.172. The average molecular weight is 622 g/mol. The molecule has 0 bridgehead atoms. The fourth-order valence-electron chi connectivity index (χ4n) is 3.73. The van der Waals surface area contributed by atoms with Crippen molar-refractivity contribution in [3.63, 3.8) is 0 Å². The molecule has 0 atom stereocenters. The number of carboxylic acids is 1. The van der Waals surface area contributed by atoms with Crippen molar-refractivity contribution in [3.05, 3.63) is 82.4 Å². The van der Waals surface area contributed by atoms with Gasteiger partial charge in [0.25, 0.3) is 0 Å². The lowest BCUT2D eigenvalue weighted by molar-refractivity contribution is -0.143. The molecular weight excluding hydrogens is 599 g/mol. The number of amides is 2. The third kappa shape index (κ3) is 8.11. The lowest BCUT2D eigenvalue weighted by Gasteiger charge is -2.24. The van der Waals surface area contributed by atoms with Gasteiger partial charge >= 0.3 is 30.5 Å². The molecule has 0 radical (unpaired) electrons. The van der Waals surface area contributed by atoms with Crippen molar-refractivity contribution >= 4 is 23.4 Å². The Hall–Kier alpha value is -4.43. The summed E-state index contributed by atoms with van der Waals surface area (Å²) in [7, 11) is 0. The average Bonchev–Trinajstić information content (AvgIpc) is 2.87. The molecule has 15 heteroatoms. The fourth-order valence-corrected chi connectivity index (χ4v) is 3.73. The number of alkyl halides is 9. The smallest absolute Gasteiger partial charge is 0.416 e. The van der Waals surface area contributed by atoms with Gasteiger partial charge in [0.1, 0.15) is 11.3 Å². The van der Waals surface area contributed by atoms with E-state index >= 15 is 0 Å². The Kier molecular flexibility index (Phi) is 8.99. The lowest BCUT2D eigenvalue weighted by atomic mass is 9.81. The van der Waals surface area contributed by atoms with Crippen LogP contribution in [0.3, 0.4) is 0 Å². The molecule has 0 saturated carbocycles. The summed E-state index contributed by atoms with van der Waals surface area (Å²) in [6.07, 6.45) is -14.8. The largest absolute Gasteiger partial charge is 0.478 e. The maximum absolute atomic E-state index is 13.4. The van der Waals surface area contributed by atoms with Crippen LogP contribution in [0, 0.1) is 0 Å². The van der Waals surface area contributed by atoms with Crippen molar-refractivity contribution in [3.8, 4) is 11.5 Å². The number of urea groups is 1. The molecule has 6 nitrogen and oxygen atoms in total. The summed E-state index contributed by atoms with van der Waals surface area (Å²) in [6.45, 7) is 5.58. The van der Waals surface area contributed by atoms with Crippen molar-refractivity contribution < 1.29 is 58.9 Å². The van der Waals surface area contributed by atoms with Crippen LogP contribution in [0.25, 0.3) is 0 Å². The first-order valence-corrected chi connectivity index (χ1v) is 12.3. The third-order valence-corrected chi connectivity index (χ3v) is 6.50. The summed E-state index contributed by atoms with van der Waals surface area (Å²) in [5.41, 5.74) is -6.65. The monoisotopic (exact) mass is 622 g/mol. The Balaban J connectivity index is 2.02. The second-order valence-electron chi connectivity index (χ2n) is 9.94. The van der Waals surface area contributed by atoms with Gasteiger partial charge in [-0.1, -0.05) is 26.8 Å². The van der Waals surface area contributed by atoms with Crippen LogP contribution in [0.1, 0.15) is 59.8 Å². The second kappa shape index (κ2) is 11.7. The number of halogens is 9. The number of nitrogens with one attached hydrogen (secondary N) is 2. The minimum Gasteiger partial charge on any atom is -0.478 e. The number of hydrogen-bond acceptors (Lipinski definition) is 3. The number of ether oxygens (including phenoxy) is 1. The van der Waals surface area contributed by atoms with Crippen LogP contribution >= 0.6 is 0 Å². The normalized spacial score (nSPS) is 12.6. The maximum Gasteiger partial charge on any atom is 0.416 e. The molecule has 0 unspecified atom stereocenters. The van der Waals surface area contributed by atoms with E-state index in [4.69, 9.17) is 4.74 Å². The minimum atomic E-state index is -5.22. The molecule has 0 fully saturated rings. The zero-order valence-electron chi connectivity index (χ0n) is 22.5. The van der Waals surface area contributed by atoms with Gasteiger partial charge in [-0.05, 0) is 65.9 Å². The molecule has 0 heterocycles. The summed E-state index contributed by atoms with van der Waals surface area (Å²) in [4.78, 5) is 24.6. The van der Waals surface area contributed by atoms with E-state index in [0.29, 0.717) is 24.1 Å². The topological polar surface area (TPSA) is 87.7 Å². The molecule has 43 heavy (non-hydrogen) atoms. The van der Waals surface area contributed by atoms with Crippen molar-refractivity contribution in [1.82, 2.24) is 0 Å². The van der Waals surface area contributed by atoms with Crippen LogP contribution in [0.2, 0.25) is 0 Å². The molecule has 3 rings (SSSR count). The second-order valence-corrected chi connectivity index (χ2v) is 9.94. The van der Waals surface area contributed by atoms with Crippen molar-refractivity contribution in [2.45, 2.75) is 51.1 Å². The number of aromatic carboxylic acids is 1. The summed E-state index contributed by atoms with van der Waals surface area (Å²) in [5, 5.41) is 13.4. The molecule has 0 aliphatic carbocycles. The standard InChI is InChI=1S/C28H23F9N2O4/c1-4-25(2,3)14-5-7-21(19(12-14)23(40)41)43-22-8-6-15(26(29,30)31)13-20(22)39-24(42)38-18-10-16(27(32,33)34)9-17(11-18)28(35,36)37/h5-13H,4H2,1-3H3,(H,40,41)(H2,38,39,42). The fraction of sp³-hybridized carbons (Fsp3) is 0.286. The van der Waals surface area contributed by atoms with E-state index in [1.54, 1.807) is 11.4 Å². The van der Waals surface area contributed by atoms with Crippen molar-refractivity contribution in [2.75, 3.05) is 10.6 Å². The van der Waals surface area contributed by atoms with Crippen LogP contribution < -0.4 is 15.4 Å². The van der Waals surface area contributed by atoms with E-state index < -0.39 is 69.8 Å². The molecule has 3 N–H and O–H groups in total. The van der Waals surface area contributed by atoms with Gasteiger partial charge in [-0.25, -0.2) is 9.59 Å². The molecule has 232 valence electrons. The highest BCUT2D eigenvalue weighted by Gasteiger charge is 2.37. The zero-order chi connectivity index (χ0) is 32.5. The van der Waals surface area contributed by atoms with Crippen molar-refractivity contribution in [2.24, 2.45) is 0 Å². The Morgan fingerprint density at radius 1 is 0.698 bits per heavy atom. The third-order valence-electron chi connectivity index (χ3n) is 6.50. The number of carbonyl (C=O) groups excluding carboxylic acids is 1. The molecule has 0 aliphatic heterocycles. The van der Waals surface area contributed by atoms with Gasteiger partial charge in [-0.2, -0.15) is 39.5 Å². The van der Waals surface area contributed by atoms with Crippen LogP contribution in [-0.2, 0) is 23.9 Å². The van der Waals surface area contributed by atoms with E-state index in [-0.39, 0.29) is 29.5 Å². The summed E-state index contributed by atoms with van der Waals surface area (Å²) in [5.74, 6) is -2.26. The Morgan fingerprint density at radius 3 is 1.70 bits per heavy atom. The van der Waals surface area contributed by atoms with Crippen LogP contribution in [0.15, 0.2) is 54.6 Å². The van der Waals surface area contributed by atoms with E-state index in [9.17, 15) is 54.2 Å². The van der Waals surface area contributed by atoms with Gasteiger partial charge in [-0.15, -0.1) is 0 Å². The van der Waals surface area contributed by atoms with E-state index in [2.05, 4.69) is 0 Å². The Bertz CT molecular complexity index is 1500. The highest BCUT2D eigenvalue weighted by atomic mass is 19.4. The van der Waals surface area contributed by atoms with E-state index in [1.807, 2.05) is 26.1 Å². The lowest BCUT2D eigenvalue weighted by Crippen LogP contribution is -2.21. The first-order valence-electron chi connectivity index (χ1n) is 12.3. The molecular formula is C28H23F9N2O4. The van der Waals surface area contributed by atoms with Gasteiger partial charge in [-0.3, -0.25) is 0 Å². The predicted molar refractivity (Wildman–Crippen MR) is 137 cm³/mol. The molecule has 0 aliphatic rings. The number of carbonyl (C=O) groups is 2. The van der Waals surface area contributed by atoms with E-state index in [0.717, 1.165) is 6.07 Å². The molecule has 0 saturated heterocycles. The Morgan fingerprint density at radius 2 is 1.21 bits per heavy atom. The first kappa shape index (κ1) is 33.1. The van der Waals surface area contributed by atoms with Gasteiger partial charge in [0, 0.05) is 5.69 Å². The molecule has 0 spiro atoms. The zero-order valence-corrected chi connectivity index (χ0v) is 22.5. The number of anilines is 2. The van der Waals surface area contributed by atoms with Gasteiger partial charge in [0.05, 0.1) is 22.4 Å². The van der Waals surface area contributed by atoms with Crippen molar-refractivity contribution in [1.29, 1.82) is 0 Å². The molecule has 3 aromatic rings. The van der Waals surface area contributed by atoms with Gasteiger partial charge < -0.3 is 20.5 Å². The number of hydrogen-bond donors (Lipinski definition) is 3.